The van der Waals surface area contributed by atoms with Crippen molar-refractivity contribution in [2.75, 3.05) is 0 Å². The lowest BCUT2D eigenvalue weighted by atomic mass is 10.1. The van der Waals surface area contributed by atoms with Crippen molar-refractivity contribution in [3.8, 4) is 0 Å². The normalized spacial score (nSPS) is 12.3. The molecule has 4 aromatic carbocycles. The summed E-state index contributed by atoms with van der Waals surface area (Å²) >= 11 is 12.0. The van der Waals surface area contributed by atoms with Crippen LogP contribution in [0, 0.1) is 13.8 Å². The molecule has 4 rings (SSSR count). The first-order chi connectivity index (χ1) is 18.5. The third-order valence-electron chi connectivity index (χ3n) is 5.99. The second-order valence-corrected chi connectivity index (χ2v) is 11.8. The summed E-state index contributed by atoms with van der Waals surface area (Å²) in [5.74, 6) is -1.52. The van der Waals surface area contributed by atoms with E-state index in [0.717, 1.165) is 11.1 Å². The fourth-order valence-electron chi connectivity index (χ4n) is 3.76. The van der Waals surface area contributed by atoms with Gasteiger partial charge in [0, 0.05) is 21.2 Å². The number of carbonyl (C=O) groups excluding carboxylic acids is 2. The maximum atomic E-state index is 14.3. The second kappa shape index (κ2) is 12.0. The van der Waals surface area contributed by atoms with Gasteiger partial charge in [-0.05, 0) is 85.7 Å². The third-order valence-corrected chi connectivity index (χ3v) is 8.26. The summed E-state index contributed by atoms with van der Waals surface area (Å²) < 4.78 is 28.6. The third kappa shape index (κ3) is 6.82. The first kappa shape index (κ1) is 28.2. The molecule has 0 spiro atoms. The number of ketones is 2. The molecule has 0 aliphatic rings. The van der Waals surface area contributed by atoms with Crippen LogP contribution in [0.2, 0.25) is 10.0 Å². The Bertz CT molecular complexity index is 1560. The molecule has 0 fully saturated rings. The number of aryl methyl sites for hydroxylation is 2. The number of allylic oxidation sites excluding steroid dienone is 2. The predicted octanol–water partition coefficient (Wildman–Crippen LogP) is 8.17. The van der Waals surface area contributed by atoms with Gasteiger partial charge in [-0.3, -0.25) is 9.59 Å². The molecule has 4 nitrogen and oxygen atoms in total. The van der Waals surface area contributed by atoms with Crippen LogP contribution in [-0.2, 0) is 9.84 Å². The number of rotatable bonds is 8. The van der Waals surface area contributed by atoms with Gasteiger partial charge in [-0.15, -0.1) is 0 Å². The average molecular weight is 576 g/mol. The smallest absolute Gasteiger partial charge is 0.214 e. The Kier molecular flexibility index (Phi) is 8.66. The molecule has 0 aromatic heterocycles. The van der Waals surface area contributed by atoms with Crippen molar-refractivity contribution in [1.29, 1.82) is 0 Å². The highest BCUT2D eigenvalue weighted by molar-refractivity contribution is 8.01. The van der Waals surface area contributed by atoms with Gasteiger partial charge in [0.15, 0.2) is 0 Å². The van der Waals surface area contributed by atoms with E-state index in [9.17, 15) is 18.0 Å². The maximum absolute atomic E-state index is 14.3. The fourth-order valence-corrected chi connectivity index (χ4v) is 5.56. The molecule has 0 bridgehead atoms. The predicted molar refractivity (Wildman–Crippen MR) is 159 cm³/mol. The lowest BCUT2D eigenvalue weighted by molar-refractivity contribution is 0.103. The first-order valence-corrected chi connectivity index (χ1v) is 14.2. The van der Waals surface area contributed by atoms with Crippen molar-refractivity contribution < 1.29 is 18.0 Å². The minimum absolute atomic E-state index is 0.120. The summed E-state index contributed by atoms with van der Waals surface area (Å²) in [5.41, 5.74) is 3.17. The van der Waals surface area contributed by atoms with Crippen LogP contribution in [0.15, 0.2) is 107 Å². The highest BCUT2D eigenvalue weighted by atomic mass is 35.5. The van der Waals surface area contributed by atoms with Gasteiger partial charge in [0.1, 0.15) is 9.81 Å². The van der Waals surface area contributed by atoms with Gasteiger partial charge < -0.3 is 0 Å². The van der Waals surface area contributed by atoms with Crippen molar-refractivity contribution in [2.45, 2.75) is 13.8 Å². The number of hydrogen-bond acceptors (Lipinski definition) is 4. The maximum Gasteiger partial charge on any atom is 0.214 e. The van der Waals surface area contributed by atoms with Gasteiger partial charge in [0.2, 0.25) is 21.4 Å². The van der Waals surface area contributed by atoms with Gasteiger partial charge in [-0.2, -0.15) is 0 Å². The molecule has 0 heterocycles. The average Bonchev–Trinajstić information content (AvgIpc) is 2.92. The molecule has 0 aliphatic heterocycles. The molecule has 0 amide bonds. The van der Waals surface area contributed by atoms with E-state index in [1.165, 1.54) is 60.7 Å². The van der Waals surface area contributed by atoms with Crippen LogP contribution < -0.4 is 0 Å². The van der Waals surface area contributed by atoms with Crippen molar-refractivity contribution in [1.82, 2.24) is 0 Å². The van der Waals surface area contributed by atoms with Crippen molar-refractivity contribution >= 4 is 56.8 Å². The standard InChI is InChI=1S/C32H24Cl2O4S/c1-21-3-7-23(8-4-21)19-29(31(35)25-11-15-27(33)16-12-25)39(37,38)30(20-24-9-5-22(2)6-10-24)32(36)26-13-17-28(34)18-14-26/h3-20H,1-2H3/b29-19+,30-20+. The Hall–Kier alpha value is -3.77. The SMILES string of the molecule is Cc1ccc(/C=C(\C(=O)c2ccc(Cl)cc2)S(=O)(=O)/C(=C/c2ccc(C)cc2)C(=O)c2ccc(Cl)cc2)cc1. The molecule has 0 N–H and O–H groups in total. The Labute approximate surface area is 238 Å². The van der Waals surface area contributed by atoms with E-state index in [-0.39, 0.29) is 11.1 Å². The van der Waals surface area contributed by atoms with E-state index < -0.39 is 31.2 Å². The number of carbonyl (C=O) groups is 2. The Morgan fingerprint density at radius 1 is 0.538 bits per heavy atom. The van der Waals surface area contributed by atoms with Crippen LogP contribution >= 0.6 is 23.2 Å². The minimum atomic E-state index is -4.64. The number of Topliss-reactive ketones (excluding diaryl/α,β-unsaturated/α-hetero) is 2. The molecule has 0 radical (unpaired) electrons. The number of benzene rings is 4. The molecular weight excluding hydrogens is 551 g/mol. The number of hydrogen-bond donors (Lipinski definition) is 0. The summed E-state index contributed by atoms with van der Waals surface area (Å²) in [6.45, 7) is 3.80. The monoisotopic (exact) mass is 574 g/mol. The number of halogens is 2. The summed E-state index contributed by atoms with van der Waals surface area (Å²) in [4.78, 5) is 26.4. The lowest BCUT2D eigenvalue weighted by Crippen LogP contribution is -2.21. The largest absolute Gasteiger partial charge is 0.288 e. The highest BCUT2D eigenvalue weighted by Crippen LogP contribution is 2.29. The summed E-state index contributed by atoms with van der Waals surface area (Å²) in [7, 11) is -4.64. The first-order valence-electron chi connectivity index (χ1n) is 12.0. The molecule has 0 aliphatic carbocycles. The van der Waals surface area contributed by atoms with Gasteiger partial charge in [0.05, 0.1) is 0 Å². The van der Waals surface area contributed by atoms with Gasteiger partial charge >= 0.3 is 0 Å². The quantitative estimate of drug-likeness (QED) is 0.157. The molecule has 39 heavy (non-hydrogen) atoms. The van der Waals surface area contributed by atoms with E-state index in [1.54, 1.807) is 24.3 Å². The zero-order valence-corrected chi connectivity index (χ0v) is 23.5. The van der Waals surface area contributed by atoms with Crippen LogP contribution in [0.3, 0.4) is 0 Å². The van der Waals surface area contributed by atoms with E-state index in [1.807, 2.05) is 38.1 Å². The van der Waals surface area contributed by atoms with E-state index in [4.69, 9.17) is 23.2 Å². The van der Waals surface area contributed by atoms with Gasteiger partial charge in [-0.1, -0.05) is 82.9 Å². The molecule has 0 unspecified atom stereocenters. The molecule has 0 saturated carbocycles. The van der Waals surface area contributed by atoms with Crippen LogP contribution in [-0.4, -0.2) is 20.0 Å². The Morgan fingerprint density at radius 3 is 1.15 bits per heavy atom. The molecular formula is C32H24Cl2O4S. The van der Waals surface area contributed by atoms with Crippen LogP contribution in [0.25, 0.3) is 12.2 Å². The Balaban J connectivity index is 1.94. The highest BCUT2D eigenvalue weighted by Gasteiger charge is 2.34. The van der Waals surface area contributed by atoms with Crippen LogP contribution in [0.4, 0.5) is 0 Å². The molecule has 196 valence electrons. The number of sulfone groups is 1. The molecule has 0 saturated heterocycles. The fraction of sp³-hybridized carbons (Fsp3) is 0.0625. The van der Waals surface area contributed by atoms with E-state index >= 15 is 0 Å². The van der Waals surface area contributed by atoms with Crippen molar-refractivity contribution in [3.05, 3.63) is 150 Å². The molecule has 4 aromatic rings. The van der Waals surface area contributed by atoms with Crippen molar-refractivity contribution in [3.63, 3.8) is 0 Å². The van der Waals surface area contributed by atoms with Crippen molar-refractivity contribution in [2.24, 2.45) is 0 Å². The van der Waals surface area contributed by atoms with Crippen LogP contribution in [0.1, 0.15) is 43.0 Å². The minimum Gasteiger partial charge on any atom is -0.288 e. The van der Waals surface area contributed by atoms with E-state index in [0.29, 0.717) is 21.2 Å². The molecule has 7 heteroatoms. The lowest BCUT2D eigenvalue weighted by Gasteiger charge is -2.13. The van der Waals surface area contributed by atoms with E-state index in [2.05, 4.69) is 0 Å². The zero-order chi connectivity index (χ0) is 28.2. The summed E-state index contributed by atoms with van der Waals surface area (Å²) in [5, 5.41) is 0.799. The Morgan fingerprint density at radius 2 is 0.846 bits per heavy atom. The summed E-state index contributed by atoms with van der Waals surface area (Å²) in [6, 6.07) is 25.9. The second-order valence-electron chi connectivity index (χ2n) is 9.01. The van der Waals surface area contributed by atoms with Gasteiger partial charge in [-0.25, -0.2) is 8.42 Å². The zero-order valence-electron chi connectivity index (χ0n) is 21.2. The van der Waals surface area contributed by atoms with Crippen LogP contribution in [0.5, 0.6) is 0 Å². The topological polar surface area (TPSA) is 68.3 Å². The molecule has 0 atom stereocenters. The summed E-state index contributed by atoms with van der Waals surface area (Å²) in [6.07, 6.45) is 2.59. The van der Waals surface area contributed by atoms with Gasteiger partial charge in [0.25, 0.3) is 0 Å².